The molecule has 3 heteroatoms. The van der Waals surface area contributed by atoms with Gasteiger partial charge in [-0.25, -0.2) is 0 Å². The zero-order valence-corrected chi connectivity index (χ0v) is 13.6. The number of anilines is 2. The summed E-state index contributed by atoms with van der Waals surface area (Å²) in [6.45, 7) is 6.76. The van der Waals surface area contributed by atoms with Crippen molar-refractivity contribution in [1.82, 2.24) is 0 Å². The van der Waals surface area contributed by atoms with Crippen LogP contribution in [-0.2, 0) is 0 Å². The van der Waals surface area contributed by atoms with Crippen molar-refractivity contribution >= 4 is 11.4 Å². The Hall–Kier alpha value is -2.16. The topological polar surface area (TPSA) is 33.3 Å². The van der Waals surface area contributed by atoms with Crippen molar-refractivity contribution in [2.75, 3.05) is 30.3 Å². The standard InChI is InChI=1S/C19H26N2O/c1-3-4-15-22-19-8-6-5-7-18(19)21-14-13-20-17-11-9-16(2)10-12-17/h5-12,20-21H,3-4,13-15H2,1-2H3. The Morgan fingerprint density at radius 1 is 0.909 bits per heavy atom. The van der Waals surface area contributed by atoms with E-state index in [0.717, 1.165) is 49.7 Å². The number of para-hydroxylation sites is 2. The van der Waals surface area contributed by atoms with Crippen molar-refractivity contribution < 1.29 is 4.74 Å². The molecule has 0 spiro atoms. The number of hydrogen-bond acceptors (Lipinski definition) is 3. The van der Waals surface area contributed by atoms with Crippen molar-refractivity contribution in [2.45, 2.75) is 26.7 Å². The molecule has 2 N–H and O–H groups in total. The van der Waals surface area contributed by atoms with Crippen molar-refractivity contribution in [3.63, 3.8) is 0 Å². The summed E-state index contributed by atoms with van der Waals surface area (Å²) >= 11 is 0. The molecule has 0 aliphatic carbocycles. The molecule has 0 radical (unpaired) electrons. The van der Waals surface area contributed by atoms with Crippen LogP contribution in [0.4, 0.5) is 11.4 Å². The number of aryl methyl sites for hydroxylation is 1. The lowest BCUT2D eigenvalue weighted by atomic mass is 10.2. The highest BCUT2D eigenvalue weighted by Crippen LogP contribution is 2.23. The molecule has 0 heterocycles. The van der Waals surface area contributed by atoms with E-state index in [1.54, 1.807) is 0 Å². The first-order valence-electron chi connectivity index (χ1n) is 8.06. The minimum absolute atomic E-state index is 0.775. The monoisotopic (exact) mass is 298 g/mol. The Bertz CT molecular complexity index is 552. The molecule has 2 rings (SSSR count). The van der Waals surface area contributed by atoms with E-state index in [9.17, 15) is 0 Å². The number of benzene rings is 2. The highest BCUT2D eigenvalue weighted by Gasteiger charge is 2.01. The van der Waals surface area contributed by atoms with E-state index in [1.165, 1.54) is 5.56 Å². The van der Waals surface area contributed by atoms with Crippen LogP contribution in [-0.4, -0.2) is 19.7 Å². The van der Waals surface area contributed by atoms with Crippen LogP contribution in [0.3, 0.4) is 0 Å². The predicted molar refractivity (Wildman–Crippen MR) is 95.0 cm³/mol. The smallest absolute Gasteiger partial charge is 0.142 e. The van der Waals surface area contributed by atoms with E-state index in [-0.39, 0.29) is 0 Å². The number of ether oxygens (including phenoxy) is 1. The van der Waals surface area contributed by atoms with Gasteiger partial charge in [0.05, 0.1) is 12.3 Å². The summed E-state index contributed by atoms with van der Waals surface area (Å²) < 4.78 is 5.82. The normalized spacial score (nSPS) is 10.3. The average molecular weight is 298 g/mol. The van der Waals surface area contributed by atoms with Crippen molar-refractivity contribution in [2.24, 2.45) is 0 Å². The first-order valence-corrected chi connectivity index (χ1v) is 8.06. The Labute approximate surface area is 133 Å². The molecule has 0 saturated carbocycles. The highest BCUT2D eigenvalue weighted by atomic mass is 16.5. The van der Waals surface area contributed by atoms with Gasteiger partial charge >= 0.3 is 0 Å². The van der Waals surface area contributed by atoms with Gasteiger partial charge in [-0.15, -0.1) is 0 Å². The van der Waals surface area contributed by atoms with Crippen LogP contribution in [0.25, 0.3) is 0 Å². The number of unbranched alkanes of at least 4 members (excludes halogenated alkanes) is 1. The average Bonchev–Trinajstić information content (AvgIpc) is 2.55. The third-order valence-electron chi connectivity index (χ3n) is 3.46. The molecular formula is C19H26N2O. The first kappa shape index (κ1) is 16.2. The van der Waals surface area contributed by atoms with E-state index < -0.39 is 0 Å². The second-order valence-electron chi connectivity index (χ2n) is 5.42. The van der Waals surface area contributed by atoms with Crippen LogP contribution in [0, 0.1) is 6.92 Å². The molecule has 0 bridgehead atoms. The van der Waals surface area contributed by atoms with Gasteiger partial charge in [0.1, 0.15) is 5.75 Å². The first-order chi connectivity index (χ1) is 10.8. The Morgan fingerprint density at radius 3 is 2.41 bits per heavy atom. The third-order valence-corrected chi connectivity index (χ3v) is 3.46. The van der Waals surface area contributed by atoms with Crippen molar-refractivity contribution in [1.29, 1.82) is 0 Å². The van der Waals surface area contributed by atoms with Gasteiger partial charge in [-0.3, -0.25) is 0 Å². The van der Waals surface area contributed by atoms with Crippen molar-refractivity contribution in [3.8, 4) is 5.75 Å². The van der Waals surface area contributed by atoms with Gasteiger partial charge in [-0.1, -0.05) is 43.2 Å². The van der Waals surface area contributed by atoms with Gasteiger partial charge in [0.25, 0.3) is 0 Å². The molecule has 2 aromatic rings. The van der Waals surface area contributed by atoms with Gasteiger partial charge < -0.3 is 15.4 Å². The zero-order valence-electron chi connectivity index (χ0n) is 13.6. The minimum atomic E-state index is 0.775. The Morgan fingerprint density at radius 2 is 1.64 bits per heavy atom. The Balaban J connectivity index is 1.77. The summed E-state index contributed by atoms with van der Waals surface area (Å²) in [5.74, 6) is 0.936. The van der Waals surface area contributed by atoms with Crippen LogP contribution in [0.1, 0.15) is 25.3 Å². The van der Waals surface area contributed by atoms with E-state index in [1.807, 2.05) is 18.2 Å². The quantitative estimate of drug-likeness (QED) is 0.658. The van der Waals surface area contributed by atoms with Gasteiger partial charge in [0, 0.05) is 18.8 Å². The second kappa shape index (κ2) is 8.98. The molecule has 0 fully saturated rings. The number of rotatable bonds is 9. The lowest BCUT2D eigenvalue weighted by Gasteiger charge is -2.13. The highest BCUT2D eigenvalue weighted by molar-refractivity contribution is 5.56. The largest absolute Gasteiger partial charge is 0.491 e. The SMILES string of the molecule is CCCCOc1ccccc1NCCNc1ccc(C)cc1. The lowest BCUT2D eigenvalue weighted by molar-refractivity contribution is 0.311. The zero-order chi connectivity index (χ0) is 15.6. The molecule has 0 saturated heterocycles. The lowest BCUT2D eigenvalue weighted by Crippen LogP contribution is -2.14. The molecule has 0 atom stereocenters. The van der Waals surface area contributed by atoms with Gasteiger partial charge in [-0.2, -0.15) is 0 Å². The molecule has 0 aliphatic heterocycles. The summed E-state index contributed by atoms with van der Waals surface area (Å²) in [6, 6.07) is 16.6. The van der Waals surface area contributed by atoms with Crippen LogP contribution >= 0.6 is 0 Å². The summed E-state index contributed by atoms with van der Waals surface area (Å²) in [5, 5.41) is 6.84. The van der Waals surface area contributed by atoms with Crippen LogP contribution in [0.15, 0.2) is 48.5 Å². The van der Waals surface area contributed by atoms with Crippen LogP contribution < -0.4 is 15.4 Å². The number of hydrogen-bond donors (Lipinski definition) is 2. The molecule has 0 amide bonds. The second-order valence-corrected chi connectivity index (χ2v) is 5.42. The maximum atomic E-state index is 5.82. The van der Waals surface area contributed by atoms with Crippen LogP contribution in [0.5, 0.6) is 5.75 Å². The maximum Gasteiger partial charge on any atom is 0.142 e. The van der Waals surface area contributed by atoms with Gasteiger partial charge in [0.2, 0.25) is 0 Å². The molecule has 0 aliphatic rings. The maximum absolute atomic E-state index is 5.82. The molecule has 2 aromatic carbocycles. The molecule has 3 nitrogen and oxygen atoms in total. The Kier molecular flexibility index (Phi) is 6.62. The molecule has 0 unspecified atom stereocenters. The van der Waals surface area contributed by atoms with E-state index in [4.69, 9.17) is 4.74 Å². The van der Waals surface area contributed by atoms with Gasteiger partial charge in [0.15, 0.2) is 0 Å². The fourth-order valence-corrected chi connectivity index (χ4v) is 2.14. The minimum Gasteiger partial charge on any atom is -0.491 e. The van der Waals surface area contributed by atoms with E-state index >= 15 is 0 Å². The molecular weight excluding hydrogens is 272 g/mol. The molecule has 22 heavy (non-hydrogen) atoms. The van der Waals surface area contributed by atoms with E-state index in [2.05, 4.69) is 54.8 Å². The van der Waals surface area contributed by atoms with Crippen LogP contribution in [0.2, 0.25) is 0 Å². The predicted octanol–water partition coefficient (Wildman–Crippen LogP) is 4.70. The third kappa shape index (κ3) is 5.32. The van der Waals surface area contributed by atoms with E-state index in [0.29, 0.717) is 0 Å². The fourth-order valence-electron chi connectivity index (χ4n) is 2.14. The summed E-state index contributed by atoms with van der Waals surface area (Å²) in [4.78, 5) is 0. The van der Waals surface area contributed by atoms with Crippen molar-refractivity contribution in [3.05, 3.63) is 54.1 Å². The summed E-state index contributed by atoms with van der Waals surface area (Å²) in [6.07, 6.45) is 2.24. The van der Waals surface area contributed by atoms with Gasteiger partial charge in [-0.05, 0) is 37.6 Å². The molecule has 0 aromatic heterocycles. The molecule has 118 valence electrons. The summed E-state index contributed by atoms with van der Waals surface area (Å²) in [7, 11) is 0. The summed E-state index contributed by atoms with van der Waals surface area (Å²) in [5.41, 5.74) is 3.49. The fraction of sp³-hybridized carbons (Fsp3) is 0.368. The number of nitrogens with one attached hydrogen (secondary N) is 2.